The minimum Gasteiger partial charge on any atom is -0.457 e. The highest BCUT2D eigenvalue weighted by Crippen LogP contribution is 2.45. The lowest BCUT2D eigenvalue weighted by Gasteiger charge is -2.37. The van der Waals surface area contributed by atoms with Gasteiger partial charge in [0, 0.05) is 11.1 Å². The molecule has 2 aliphatic rings. The fraction of sp³-hybridized carbons (Fsp3) is 0.417. The van der Waals surface area contributed by atoms with Crippen molar-refractivity contribution in [3.05, 3.63) is 58.7 Å². The normalized spacial score (nSPS) is 24.6. The van der Waals surface area contributed by atoms with Crippen molar-refractivity contribution in [1.29, 1.82) is 0 Å². The third kappa shape index (κ3) is 3.94. The molecule has 5 nitrogen and oxygen atoms in total. The number of carbonyl (C=O) groups excluding carboxylic acids is 2. The van der Waals surface area contributed by atoms with Gasteiger partial charge in [-0.3, -0.25) is 9.59 Å². The summed E-state index contributed by atoms with van der Waals surface area (Å²) in [6.45, 7) is 5.46. The van der Waals surface area contributed by atoms with E-state index in [9.17, 15) is 22.8 Å². The Hall–Kier alpha value is -3.03. The number of benzene rings is 2. The molecule has 2 aliphatic heterocycles. The maximum absolute atomic E-state index is 13.3. The van der Waals surface area contributed by atoms with E-state index in [1.54, 1.807) is 13.0 Å². The SMILES string of the molecule is CCC1CC(C(=O)NC2c3ccc(C)cc3Oc3cccc(C)c32)C(=O)NC1C(F)(F)F. The fourth-order valence-electron chi connectivity index (χ4n) is 4.64. The van der Waals surface area contributed by atoms with Crippen molar-refractivity contribution in [2.24, 2.45) is 11.8 Å². The number of hydrogen-bond acceptors (Lipinski definition) is 3. The molecule has 0 saturated carbocycles. The van der Waals surface area contributed by atoms with E-state index in [-0.39, 0.29) is 12.8 Å². The number of hydrogen-bond donors (Lipinski definition) is 2. The smallest absolute Gasteiger partial charge is 0.408 e. The van der Waals surface area contributed by atoms with Crippen LogP contribution in [0.15, 0.2) is 36.4 Å². The van der Waals surface area contributed by atoms with Crippen molar-refractivity contribution in [1.82, 2.24) is 10.6 Å². The molecule has 1 saturated heterocycles. The topological polar surface area (TPSA) is 67.4 Å². The van der Waals surface area contributed by atoms with Crippen LogP contribution in [0, 0.1) is 25.7 Å². The van der Waals surface area contributed by atoms with Crippen LogP contribution >= 0.6 is 0 Å². The van der Waals surface area contributed by atoms with Crippen LogP contribution in [-0.2, 0) is 9.59 Å². The van der Waals surface area contributed by atoms with Gasteiger partial charge in [0.15, 0.2) is 0 Å². The van der Waals surface area contributed by atoms with Gasteiger partial charge in [0.1, 0.15) is 23.5 Å². The summed E-state index contributed by atoms with van der Waals surface area (Å²) >= 11 is 0. The molecular weight excluding hydrogens is 421 g/mol. The molecular formula is C24H25F3N2O3. The first-order chi connectivity index (χ1) is 15.1. The van der Waals surface area contributed by atoms with Crippen LogP contribution in [0.25, 0.3) is 0 Å². The number of alkyl halides is 3. The number of fused-ring (bicyclic) bond motifs is 2. The zero-order chi connectivity index (χ0) is 23.2. The van der Waals surface area contributed by atoms with Gasteiger partial charge in [0.2, 0.25) is 11.8 Å². The highest BCUT2D eigenvalue weighted by Gasteiger charge is 2.51. The van der Waals surface area contributed by atoms with Gasteiger partial charge in [0.05, 0.1) is 6.04 Å². The van der Waals surface area contributed by atoms with Crippen LogP contribution in [0.2, 0.25) is 0 Å². The van der Waals surface area contributed by atoms with Crippen LogP contribution in [0.1, 0.15) is 48.1 Å². The zero-order valence-electron chi connectivity index (χ0n) is 18.0. The van der Waals surface area contributed by atoms with E-state index < -0.39 is 41.9 Å². The van der Waals surface area contributed by atoms with Crippen LogP contribution < -0.4 is 15.4 Å². The summed E-state index contributed by atoms with van der Waals surface area (Å²) in [5.74, 6) is -2.33. The molecule has 8 heteroatoms. The minimum atomic E-state index is -4.55. The Labute approximate surface area is 184 Å². The molecule has 0 spiro atoms. The van der Waals surface area contributed by atoms with Crippen molar-refractivity contribution >= 4 is 11.8 Å². The highest BCUT2D eigenvalue weighted by atomic mass is 19.4. The van der Waals surface area contributed by atoms with Gasteiger partial charge in [-0.05, 0) is 49.4 Å². The lowest BCUT2D eigenvalue weighted by atomic mass is 9.81. The quantitative estimate of drug-likeness (QED) is 0.672. The van der Waals surface area contributed by atoms with E-state index in [2.05, 4.69) is 5.32 Å². The average molecular weight is 446 g/mol. The molecule has 1 fully saturated rings. The van der Waals surface area contributed by atoms with Gasteiger partial charge in [-0.1, -0.05) is 37.6 Å². The highest BCUT2D eigenvalue weighted by molar-refractivity contribution is 6.01. The van der Waals surface area contributed by atoms with E-state index in [1.807, 2.05) is 49.5 Å². The lowest BCUT2D eigenvalue weighted by Crippen LogP contribution is -2.59. The molecule has 4 atom stereocenters. The Morgan fingerprint density at radius 1 is 1.19 bits per heavy atom. The van der Waals surface area contributed by atoms with Crippen molar-refractivity contribution < 1.29 is 27.5 Å². The maximum Gasteiger partial charge on any atom is 0.408 e. The van der Waals surface area contributed by atoms with E-state index in [4.69, 9.17) is 4.74 Å². The third-order valence-corrected chi connectivity index (χ3v) is 6.38. The summed E-state index contributed by atoms with van der Waals surface area (Å²) < 4.78 is 46.0. The molecule has 0 bridgehead atoms. The Morgan fingerprint density at radius 2 is 1.94 bits per heavy atom. The minimum absolute atomic E-state index is 0.150. The summed E-state index contributed by atoms with van der Waals surface area (Å²) in [6.07, 6.45) is -4.50. The van der Waals surface area contributed by atoms with Crippen molar-refractivity contribution in [3.8, 4) is 11.5 Å². The molecule has 170 valence electrons. The maximum atomic E-state index is 13.3. The largest absolute Gasteiger partial charge is 0.457 e. The van der Waals surface area contributed by atoms with Crippen molar-refractivity contribution in [2.75, 3.05) is 0 Å². The third-order valence-electron chi connectivity index (χ3n) is 6.38. The molecule has 0 aliphatic carbocycles. The molecule has 2 amide bonds. The second-order valence-corrected chi connectivity index (χ2v) is 8.56. The van der Waals surface area contributed by atoms with E-state index >= 15 is 0 Å². The number of piperidine rings is 1. The van der Waals surface area contributed by atoms with Gasteiger partial charge in [-0.15, -0.1) is 0 Å². The molecule has 0 aromatic heterocycles. The molecule has 32 heavy (non-hydrogen) atoms. The second-order valence-electron chi connectivity index (χ2n) is 8.56. The molecule has 2 aromatic carbocycles. The number of halogens is 3. The van der Waals surface area contributed by atoms with Gasteiger partial charge in [-0.25, -0.2) is 0 Å². The number of ether oxygens (including phenoxy) is 1. The number of aryl methyl sites for hydroxylation is 2. The number of amides is 2. The van der Waals surface area contributed by atoms with Crippen molar-refractivity contribution in [2.45, 2.75) is 51.9 Å². The van der Waals surface area contributed by atoms with Crippen LogP contribution in [-0.4, -0.2) is 24.0 Å². The number of carbonyl (C=O) groups is 2. The Kier molecular flexibility index (Phi) is 5.65. The van der Waals surface area contributed by atoms with E-state index in [0.29, 0.717) is 11.5 Å². The second kappa shape index (κ2) is 8.15. The first-order valence-electron chi connectivity index (χ1n) is 10.7. The zero-order valence-corrected chi connectivity index (χ0v) is 18.0. The predicted octanol–water partition coefficient (Wildman–Crippen LogP) is 4.71. The first-order valence-corrected chi connectivity index (χ1v) is 10.7. The summed E-state index contributed by atoms with van der Waals surface area (Å²) in [5.41, 5.74) is 3.40. The predicted molar refractivity (Wildman–Crippen MR) is 112 cm³/mol. The van der Waals surface area contributed by atoms with Gasteiger partial charge < -0.3 is 15.4 Å². The first kappa shape index (κ1) is 22.2. The monoisotopic (exact) mass is 446 g/mol. The fourth-order valence-corrected chi connectivity index (χ4v) is 4.64. The Balaban J connectivity index is 1.65. The summed E-state index contributed by atoms with van der Waals surface area (Å²) in [4.78, 5) is 25.7. The van der Waals surface area contributed by atoms with Crippen molar-refractivity contribution in [3.63, 3.8) is 0 Å². The summed E-state index contributed by atoms with van der Waals surface area (Å²) in [5, 5.41) is 4.96. The van der Waals surface area contributed by atoms with Crippen LogP contribution in [0.4, 0.5) is 13.2 Å². The molecule has 4 rings (SSSR count). The van der Waals surface area contributed by atoms with Gasteiger partial charge in [0.25, 0.3) is 0 Å². The van der Waals surface area contributed by atoms with E-state index in [0.717, 1.165) is 22.3 Å². The van der Waals surface area contributed by atoms with E-state index in [1.165, 1.54) is 0 Å². The molecule has 2 heterocycles. The Bertz CT molecular complexity index is 1070. The number of nitrogens with one attached hydrogen (secondary N) is 2. The number of rotatable bonds is 3. The van der Waals surface area contributed by atoms with Crippen LogP contribution in [0.3, 0.4) is 0 Å². The lowest BCUT2D eigenvalue weighted by molar-refractivity contribution is -0.182. The van der Waals surface area contributed by atoms with Gasteiger partial charge >= 0.3 is 6.18 Å². The average Bonchev–Trinajstić information content (AvgIpc) is 2.72. The standard InChI is InChI=1S/C24H25F3N2O3/c1-4-14-11-16(23(31)29-21(14)24(25,26)27)22(30)28-20-15-9-8-12(2)10-18(15)32-17-7-5-6-13(3)19(17)20/h5-10,14,16,20-21H,4,11H2,1-3H3,(H,28,30)(H,29,31). The summed E-state index contributed by atoms with van der Waals surface area (Å²) in [6, 6.07) is 8.69. The Morgan fingerprint density at radius 3 is 2.62 bits per heavy atom. The molecule has 2 N–H and O–H groups in total. The molecule has 4 unspecified atom stereocenters. The molecule has 2 aromatic rings. The summed E-state index contributed by atoms with van der Waals surface area (Å²) in [7, 11) is 0. The molecule has 0 radical (unpaired) electrons. The van der Waals surface area contributed by atoms with Crippen LogP contribution in [0.5, 0.6) is 11.5 Å². The van der Waals surface area contributed by atoms with Gasteiger partial charge in [-0.2, -0.15) is 13.2 Å².